The summed E-state index contributed by atoms with van der Waals surface area (Å²) in [6.45, 7) is 3.50. The highest BCUT2D eigenvalue weighted by atomic mass is 16.1. The molecule has 0 N–H and O–H groups in total. The van der Waals surface area contributed by atoms with Crippen LogP contribution < -0.4 is 0 Å². The minimum absolute atomic E-state index is 0.0166. The number of benzene rings is 2. The predicted molar refractivity (Wildman–Crippen MR) is 80.1 cm³/mol. The van der Waals surface area contributed by atoms with Gasteiger partial charge in [0.25, 0.3) is 0 Å². The van der Waals surface area contributed by atoms with Crippen LogP contribution in [-0.4, -0.2) is 11.6 Å². The second-order valence-corrected chi connectivity index (χ2v) is 5.16. The smallest absolute Gasteiger partial charge is 0.170 e. The number of rotatable bonds is 5. The summed E-state index contributed by atoms with van der Waals surface area (Å²) in [7, 11) is 0. The second-order valence-electron chi connectivity index (χ2n) is 5.16. The number of carbonyl (C=O) groups is 2. The molecule has 2 aromatic rings. The SMILES string of the molecule is CC(=O)CC(=O)c1ccc(Cc2ccc(C)cc2)cc1. The first kappa shape index (κ1) is 14.2. The lowest BCUT2D eigenvalue weighted by Crippen LogP contribution is -2.04. The molecule has 2 aromatic carbocycles. The summed E-state index contributed by atoms with van der Waals surface area (Å²) in [4.78, 5) is 22.7. The molecule has 20 heavy (non-hydrogen) atoms. The second kappa shape index (κ2) is 6.29. The summed E-state index contributed by atoms with van der Waals surface area (Å²) >= 11 is 0. The Morgan fingerprint density at radius 1 is 0.850 bits per heavy atom. The van der Waals surface area contributed by atoms with E-state index in [2.05, 4.69) is 31.2 Å². The van der Waals surface area contributed by atoms with Gasteiger partial charge in [0.1, 0.15) is 5.78 Å². The first-order valence-corrected chi connectivity index (χ1v) is 6.72. The molecule has 0 fully saturated rings. The van der Waals surface area contributed by atoms with Crippen LogP contribution in [0.1, 0.15) is 40.4 Å². The van der Waals surface area contributed by atoms with Crippen molar-refractivity contribution in [2.24, 2.45) is 0 Å². The van der Waals surface area contributed by atoms with Gasteiger partial charge in [-0.15, -0.1) is 0 Å². The Morgan fingerprint density at radius 2 is 1.35 bits per heavy atom. The Labute approximate surface area is 119 Å². The van der Waals surface area contributed by atoms with Crippen LogP contribution in [0.25, 0.3) is 0 Å². The van der Waals surface area contributed by atoms with Gasteiger partial charge in [0.15, 0.2) is 5.78 Å². The van der Waals surface area contributed by atoms with Gasteiger partial charge in [0, 0.05) is 5.56 Å². The zero-order valence-electron chi connectivity index (χ0n) is 11.8. The van der Waals surface area contributed by atoms with E-state index >= 15 is 0 Å². The van der Waals surface area contributed by atoms with E-state index in [1.807, 2.05) is 12.1 Å². The fourth-order valence-corrected chi connectivity index (χ4v) is 2.08. The van der Waals surface area contributed by atoms with Crippen LogP contribution >= 0.6 is 0 Å². The Balaban J connectivity index is 2.06. The largest absolute Gasteiger partial charge is 0.300 e. The van der Waals surface area contributed by atoms with Gasteiger partial charge >= 0.3 is 0 Å². The Bertz CT molecular complexity index is 607. The monoisotopic (exact) mass is 266 g/mol. The van der Waals surface area contributed by atoms with Crippen molar-refractivity contribution >= 4 is 11.6 Å². The van der Waals surface area contributed by atoms with Gasteiger partial charge in [-0.2, -0.15) is 0 Å². The summed E-state index contributed by atoms with van der Waals surface area (Å²) < 4.78 is 0. The van der Waals surface area contributed by atoms with E-state index < -0.39 is 0 Å². The Kier molecular flexibility index (Phi) is 4.46. The normalized spacial score (nSPS) is 10.3. The molecular formula is C18H18O2. The van der Waals surface area contributed by atoms with Gasteiger partial charge in [-0.1, -0.05) is 54.1 Å². The van der Waals surface area contributed by atoms with Crippen molar-refractivity contribution in [1.29, 1.82) is 0 Å². The maximum absolute atomic E-state index is 11.7. The third-order valence-corrected chi connectivity index (χ3v) is 3.21. The molecular weight excluding hydrogens is 248 g/mol. The van der Waals surface area contributed by atoms with Crippen LogP contribution in [0.5, 0.6) is 0 Å². The number of aryl methyl sites for hydroxylation is 1. The van der Waals surface area contributed by atoms with Crippen LogP contribution in [-0.2, 0) is 11.2 Å². The molecule has 0 amide bonds. The zero-order valence-corrected chi connectivity index (χ0v) is 11.8. The van der Waals surface area contributed by atoms with Crippen molar-refractivity contribution in [2.75, 3.05) is 0 Å². The molecule has 0 heterocycles. The number of carbonyl (C=O) groups excluding carboxylic acids is 2. The topological polar surface area (TPSA) is 34.1 Å². The minimum Gasteiger partial charge on any atom is -0.300 e. The molecule has 2 heteroatoms. The highest BCUT2D eigenvalue weighted by Crippen LogP contribution is 2.13. The van der Waals surface area contributed by atoms with E-state index in [1.165, 1.54) is 18.1 Å². The van der Waals surface area contributed by atoms with Crippen LogP contribution in [0.3, 0.4) is 0 Å². The van der Waals surface area contributed by atoms with Gasteiger partial charge in [0.05, 0.1) is 6.42 Å². The van der Waals surface area contributed by atoms with Crippen molar-refractivity contribution in [3.8, 4) is 0 Å². The quantitative estimate of drug-likeness (QED) is 0.610. The molecule has 0 radical (unpaired) electrons. The fourth-order valence-electron chi connectivity index (χ4n) is 2.08. The maximum atomic E-state index is 11.7. The summed E-state index contributed by atoms with van der Waals surface area (Å²) in [5.74, 6) is -0.210. The molecule has 0 atom stereocenters. The van der Waals surface area contributed by atoms with Gasteiger partial charge < -0.3 is 0 Å². The molecule has 0 saturated carbocycles. The first-order chi connectivity index (χ1) is 9.54. The van der Waals surface area contributed by atoms with Crippen LogP contribution in [0, 0.1) is 6.92 Å². The van der Waals surface area contributed by atoms with Crippen LogP contribution in [0.2, 0.25) is 0 Å². The zero-order chi connectivity index (χ0) is 14.5. The summed E-state index contributed by atoms with van der Waals surface area (Å²) in [6, 6.07) is 15.9. The third-order valence-electron chi connectivity index (χ3n) is 3.21. The van der Waals surface area contributed by atoms with Crippen molar-refractivity contribution in [1.82, 2.24) is 0 Å². The Hall–Kier alpha value is -2.22. The van der Waals surface area contributed by atoms with E-state index in [1.54, 1.807) is 12.1 Å². The predicted octanol–water partition coefficient (Wildman–Crippen LogP) is 3.75. The molecule has 102 valence electrons. The van der Waals surface area contributed by atoms with Gasteiger partial charge in [-0.25, -0.2) is 0 Å². The molecule has 0 bridgehead atoms. The van der Waals surface area contributed by atoms with Gasteiger partial charge in [-0.05, 0) is 31.4 Å². The number of ketones is 2. The van der Waals surface area contributed by atoms with Crippen molar-refractivity contribution in [2.45, 2.75) is 26.7 Å². The standard InChI is InChI=1S/C18H18O2/c1-13-3-5-15(6-4-13)12-16-7-9-17(10-8-16)18(20)11-14(2)19/h3-10H,11-12H2,1-2H3. The number of hydrogen-bond acceptors (Lipinski definition) is 2. The molecule has 0 aromatic heterocycles. The van der Waals surface area contributed by atoms with E-state index in [9.17, 15) is 9.59 Å². The molecule has 0 aliphatic rings. The van der Waals surface area contributed by atoms with E-state index in [-0.39, 0.29) is 18.0 Å². The van der Waals surface area contributed by atoms with E-state index in [0.29, 0.717) is 5.56 Å². The Morgan fingerprint density at radius 3 is 1.85 bits per heavy atom. The van der Waals surface area contributed by atoms with Crippen molar-refractivity contribution < 1.29 is 9.59 Å². The van der Waals surface area contributed by atoms with Crippen LogP contribution in [0.15, 0.2) is 48.5 Å². The fraction of sp³-hybridized carbons (Fsp3) is 0.222. The molecule has 0 saturated heterocycles. The molecule has 0 spiro atoms. The summed E-state index contributed by atoms with van der Waals surface area (Å²) in [6.07, 6.45) is 0.832. The van der Waals surface area contributed by atoms with Crippen molar-refractivity contribution in [3.63, 3.8) is 0 Å². The number of Topliss-reactive ketones (excluding diaryl/α,β-unsaturated/α-hetero) is 2. The van der Waals surface area contributed by atoms with E-state index in [4.69, 9.17) is 0 Å². The maximum Gasteiger partial charge on any atom is 0.170 e. The highest BCUT2D eigenvalue weighted by molar-refractivity contribution is 6.07. The summed E-state index contributed by atoms with van der Waals surface area (Å²) in [5, 5.41) is 0. The van der Waals surface area contributed by atoms with Gasteiger partial charge in [-0.3, -0.25) is 9.59 Å². The minimum atomic E-state index is -0.112. The lowest BCUT2D eigenvalue weighted by Gasteiger charge is -2.04. The number of hydrogen-bond donors (Lipinski definition) is 0. The molecule has 2 nitrogen and oxygen atoms in total. The lowest BCUT2D eigenvalue weighted by molar-refractivity contribution is -0.116. The molecule has 2 rings (SSSR count). The average molecular weight is 266 g/mol. The first-order valence-electron chi connectivity index (χ1n) is 6.72. The molecule has 0 unspecified atom stereocenters. The lowest BCUT2D eigenvalue weighted by atomic mass is 10.0. The summed E-state index contributed by atoms with van der Waals surface area (Å²) in [5.41, 5.74) is 4.26. The molecule has 0 aliphatic heterocycles. The van der Waals surface area contributed by atoms with Crippen molar-refractivity contribution in [3.05, 3.63) is 70.8 Å². The average Bonchev–Trinajstić information content (AvgIpc) is 2.41. The third kappa shape index (κ3) is 3.89. The van der Waals surface area contributed by atoms with Crippen LogP contribution in [0.4, 0.5) is 0 Å². The van der Waals surface area contributed by atoms with Gasteiger partial charge in [0.2, 0.25) is 0 Å². The molecule has 0 aliphatic carbocycles. The highest BCUT2D eigenvalue weighted by Gasteiger charge is 2.08. The van der Waals surface area contributed by atoms with E-state index in [0.717, 1.165) is 12.0 Å².